The minimum Gasteiger partial charge on any atom is -0.385 e. The first-order chi connectivity index (χ1) is 16.7. The number of piperidine rings is 1. The van der Waals surface area contributed by atoms with Gasteiger partial charge in [-0.3, -0.25) is 9.59 Å². The van der Waals surface area contributed by atoms with Gasteiger partial charge < -0.3 is 20.7 Å². The molecule has 11 heteroatoms. The van der Waals surface area contributed by atoms with Gasteiger partial charge in [0.05, 0.1) is 17.3 Å². The van der Waals surface area contributed by atoms with E-state index in [1.54, 1.807) is 35.7 Å². The first kappa shape index (κ1) is 29.7. The molecule has 0 unspecified atom stereocenters. The number of nitrogens with zero attached hydrogens (tertiary/aromatic N) is 4. The van der Waals surface area contributed by atoms with Crippen LogP contribution in [-0.4, -0.2) is 71.1 Å². The second-order valence-corrected chi connectivity index (χ2v) is 9.68. The molecule has 2 heterocycles. The molecule has 1 aromatic carbocycles. The summed E-state index contributed by atoms with van der Waals surface area (Å²) < 4.78 is 20.7. The zero-order valence-electron chi connectivity index (χ0n) is 21.5. The zero-order chi connectivity index (χ0) is 25.5. The molecule has 0 aliphatic carbocycles. The molecule has 1 fully saturated rings. The van der Waals surface area contributed by atoms with E-state index in [9.17, 15) is 14.0 Å². The molecule has 0 spiro atoms. The summed E-state index contributed by atoms with van der Waals surface area (Å²) in [5, 5.41) is 11.9. The Hall–Kier alpha value is -2.56. The highest BCUT2D eigenvalue weighted by molar-refractivity contribution is 5.94. The average molecular weight is 525 g/mol. The number of halogens is 2. The minimum absolute atomic E-state index is 0. The van der Waals surface area contributed by atoms with E-state index in [2.05, 4.69) is 15.6 Å². The van der Waals surface area contributed by atoms with Crippen molar-refractivity contribution in [1.29, 1.82) is 0 Å². The summed E-state index contributed by atoms with van der Waals surface area (Å²) in [6, 6.07) is 4.55. The smallest absolute Gasteiger partial charge is 0.276 e. The number of hydrogen-bond donors (Lipinski definition) is 2. The molecule has 1 aliphatic heterocycles. The van der Waals surface area contributed by atoms with Crippen LogP contribution in [0.15, 0.2) is 18.2 Å². The van der Waals surface area contributed by atoms with Gasteiger partial charge in [-0.05, 0) is 62.3 Å². The lowest BCUT2D eigenvalue weighted by Crippen LogP contribution is -2.54. The van der Waals surface area contributed by atoms with Gasteiger partial charge >= 0.3 is 0 Å². The van der Waals surface area contributed by atoms with Crippen LogP contribution in [0.4, 0.5) is 4.39 Å². The SMILES string of the molecule is COCCCCc1c(C(=O)N(CC(C)C)[C@@H]2CNC[C@H](C(N)=O)C2)nnn1-c1ccc(F)c(C)c1.Cl. The molecule has 0 radical (unpaired) electrons. The van der Waals surface area contributed by atoms with Crippen LogP contribution in [0.3, 0.4) is 0 Å². The number of hydrogen-bond acceptors (Lipinski definition) is 6. The van der Waals surface area contributed by atoms with Crippen molar-refractivity contribution in [3.63, 3.8) is 0 Å². The molecule has 0 saturated carbocycles. The fourth-order valence-electron chi connectivity index (χ4n) is 4.50. The van der Waals surface area contributed by atoms with Crippen LogP contribution in [-0.2, 0) is 16.0 Å². The number of nitrogens with one attached hydrogen (secondary N) is 1. The number of methoxy groups -OCH3 is 1. The number of primary amides is 1. The molecule has 200 valence electrons. The Balaban J connectivity index is 0.00000456. The van der Waals surface area contributed by atoms with Crippen LogP contribution in [0.25, 0.3) is 5.69 Å². The number of amides is 2. The molecule has 1 aromatic heterocycles. The highest BCUT2D eigenvalue weighted by Crippen LogP contribution is 2.23. The number of carbonyl (C=O) groups is 2. The molecule has 3 N–H and O–H groups in total. The van der Waals surface area contributed by atoms with E-state index in [0.29, 0.717) is 56.0 Å². The van der Waals surface area contributed by atoms with Gasteiger partial charge in [0.2, 0.25) is 5.91 Å². The van der Waals surface area contributed by atoms with E-state index in [4.69, 9.17) is 10.5 Å². The zero-order valence-corrected chi connectivity index (χ0v) is 22.3. The molecule has 36 heavy (non-hydrogen) atoms. The van der Waals surface area contributed by atoms with Crippen molar-refractivity contribution in [1.82, 2.24) is 25.2 Å². The molecular formula is C25H38ClFN6O3. The number of unbranched alkanes of at least 4 members (excludes halogenated alkanes) is 1. The summed E-state index contributed by atoms with van der Waals surface area (Å²) in [6.45, 7) is 8.01. The maximum atomic E-state index is 13.9. The van der Waals surface area contributed by atoms with Crippen molar-refractivity contribution in [2.24, 2.45) is 17.6 Å². The minimum atomic E-state index is -0.365. The van der Waals surface area contributed by atoms with Crippen molar-refractivity contribution in [2.75, 3.05) is 33.4 Å². The Morgan fingerprint density at radius 1 is 1.31 bits per heavy atom. The van der Waals surface area contributed by atoms with Crippen molar-refractivity contribution < 1.29 is 18.7 Å². The molecule has 1 aliphatic rings. The van der Waals surface area contributed by atoms with Gasteiger partial charge in [-0.1, -0.05) is 19.1 Å². The quantitative estimate of drug-likeness (QED) is 0.437. The summed E-state index contributed by atoms with van der Waals surface area (Å²) in [5.74, 6) is -1.00. The van der Waals surface area contributed by atoms with Crippen LogP contribution < -0.4 is 11.1 Å². The maximum absolute atomic E-state index is 13.9. The lowest BCUT2D eigenvalue weighted by atomic mass is 9.93. The van der Waals surface area contributed by atoms with E-state index < -0.39 is 0 Å². The number of nitrogens with two attached hydrogens (primary N) is 1. The molecule has 3 rings (SSSR count). The Morgan fingerprint density at radius 3 is 2.69 bits per heavy atom. The van der Waals surface area contributed by atoms with Gasteiger partial charge in [0.15, 0.2) is 5.69 Å². The average Bonchev–Trinajstić information content (AvgIpc) is 3.25. The predicted octanol–water partition coefficient (Wildman–Crippen LogP) is 2.67. The van der Waals surface area contributed by atoms with E-state index in [-0.39, 0.29) is 53.6 Å². The molecule has 2 atom stereocenters. The lowest BCUT2D eigenvalue weighted by Gasteiger charge is -2.37. The summed E-state index contributed by atoms with van der Waals surface area (Å²) in [7, 11) is 1.66. The number of aromatic nitrogens is 3. The lowest BCUT2D eigenvalue weighted by molar-refractivity contribution is -0.122. The molecule has 9 nitrogen and oxygen atoms in total. The molecule has 2 aromatic rings. The third kappa shape index (κ3) is 7.24. The van der Waals surface area contributed by atoms with E-state index >= 15 is 0 Å². The normalized spacial score (nSPS) is 17.6. The molecule has 2 amide bonds. The van der Waals surface area contributed by atoms with Crippen LogP contribution in [0.1, 0.15) is 54.9 Å². The van der Waals surface area contributed by atoms with Crippen molar-refractivity contribution in [3.05, 3.63) is 41.0 Å². The van der Waals surface area contributed by atoms with Crippen molar-refractivity contribution in [3.8, 4) is 5.69 Å². The number of aryl methyl sites for hydroxylation is 1. The summed E-state index contributed by atoms with van der Waals surface area (Å²) in [6.07, 6.45) is 2.67. The van der Waals surface area contributed by atoms with Crippen LogP contribution in [0, 0.1) is 24.6 Å². The largest absolute Gasteiger partial charge is 0.385 e. The standard InChI is InChI=1S/C25H37FN6O3.ClH/c1-16(2)15-31(20-12-18(24(27)33)13-28-14-20)25(34)23-22(7-5-6-10-35-4)32(30-29-23)19-8-9-21(26)17(3)11-19;/h8-9,11,16,18,20,28H,5-7,10,12-15H2,1-4H3,(H2,27,33);1H/t18-,20+;/m1./s1. The Labute approximate surface area is 218 Å². The number of carbonyl (C=O) groups excluding carboxylic acids is 2. The summed E-state index contributed by atoms with van der Waals surface area (Å²) >= 11 is 0. The third-order valence-corrected chi connectivity index (χ3v) is 6.36. The van der Waals surface area contributed by atoms with E-state index in [0.717, 1.165) is 12.8 Å². The molecular weight excluding hydrogens is 487 g/mol. The topological polar surface area (TPSA) is 115 Å². The highest BCUT2D eigenvalue weighted by atomic mass is 35.5. The van der Waals surface area contributed by atoms with Crippen molar-refractivity contribution >= 4 is 24.2 Å². The van der Waals surface area contributed by atoms with Crippen LogP contribution >= 0.6 is 12.4 Å². The number of ether oxygens (including phenoxy) is 1. The van der Waals surface area contributed by atoms with Gasteiger partial charge in [0.25, 0.3) is 5.91 Å². The summed E-state index contributed by atoms with van der Waals surface area (Å²) in [5.41, 5.74) is 7.68. The van der Waals surface area contributed by atoms with Gasteiger partial charge in [0, 0.05) is 39.4 Å². The fraction of sp³-hybridized carbons (Fsp3) is 0.600. The molecule has 0 bridgehead atoms. The van der Waals surface area contributed by atoms with Gasteiger partial charge in [-0.25, -0.2) is 9.07 Å². The van der Waals surface area contributed by atoms with Crippen molar-refractivity contribution in [2.45, 2.75) is 52.5 Å². The number of benzene rings is 1. The first-order valence-electron chi connectivity index (χ1n) is 12.2. The second kappa shape index (κ2) is 13.7. The third-order valence-electron chi connectivity index (χ3n) is 6.36. The summed E-state index contributed by atoms with van der Waals surface area (Å²) in [4.78, 5) is 27.6. The Kier molecular flexibility index (Phi) is 11.3. The molecule has 1 saturated heterocycles. The Bertz CT molecular complexity index is 1030. The Morgan fingerprint density at radius 2 is 2.06 bits per heavy atom. The van der Waals surface area contributed by atoms with Crippen LogP contribution in [0.2, 0.25) is 0 Å². The van der Waals surface area contributed by atoms with E-state index in [1.807, 2.05) is 13.8 Å². The first-order valence-corrected chi connectivity index (χ1v) is 12.2. The fourth-order valence-corrected chi connectivity index (χ4v) is 4.50. The van der Waals surface area contributed by atoms with Gasteiger partial charge in [-0.2, -0.15) is 0 Å². The highest BCUT2D eigenvalue weighted by Gasteiger charge is 2.35. The monoisotopic (exact) mass is 524 g/mol. The van der Waals surface area contributed by atoms with Gasteiger partial charge in [0.1, 0.15) is 5.82 Å². The van der Waals surface area contributed by atoms with Gasteiger partial charge in [-0.15, -0.1) is 17.5 Å². The number of rotatable bonds is 11. The predicted molar refractivity (Wildman–Crippen MR) is 138 cm³/mol. The second-order valence-electron chi connectivity index (χ2n) is 9.68. The van der Waals surface area contributed by atoms with E-state index in [1.165, 1.54) is 6.07 Å². The van der Waals surface area contributed by atoms with Crippen LogP contribution in [0.5, 0.6) is 0 Å². The maximum Gasteiger partial charge on any atom is 0.276 e.